The van der Waals surface area contributed by atoms with Gasteiger partial charge in [-0.1, -0.05) is 0 Å². The molecule has 1 N–H and O–H groups in total. The Labute approximate surface area is 125 Å². The van der Waals surface area contributed by atoms with Crippen molar-refractivity contribution in [3.8, 4) is 0 Å². The van der Waals surface area contributed by atoms with Crippen molar-refractivity contribution in [3.63, 3.8) is 0 Å². The zero-order valence-corrected chi connectivity index (χ0v) is 13.0. The predicted octanol–water partition coefficient (Wildman–Crippen LogP) is 2.16. The summed E-state index contributed by atoms with van der Waals surface area (Å²) >= 11 is 0. The van der Waals surface area contributed by atoms with Crippen LogP contribution in [0.1, 0.15) is 18.4 Å². The van der Waals surface area contributed by atoms with E-state index in [9.17, 15) is 10.1 Å². The fraction of sp³-hybridized carbons (Fsp3) is 0.600. The van der Waals surface area contributed by atoms with Crippen molar-refractivity contribution < 1.29 is 4.92 Å². The van der Waals surface area contributed by atoms with Crippen molar-refractivity contribution >= 4 is 11.4 Å². The first-order valence-electron chi connectivity index (χ1n) is 7.35. The number of piperidine rings is 1. The molecule has 0 aromatic heterocycles. The highest BCUT2D eigenvalue weighted by Gasteiger charge is 2.22. The fourth-order valence-corrected chi connectivity index (χ4v) is 2.91. The van der Waals surface area contributed by atoms with Crippen molar-refractivity contribution in [3.05, 3.63) is 33.9 Å². The van der Waals surface area contributed by atoms with E-state index in [0.29, 0.717) is 6.04 Å². The van der Waals surface area contributed by atoms with Crippen LogP contribution in [0.25, 0.3) is 0 Å². The topological polar surface area (TPSA) is 61.7 Å². The molecular formula is C15H24N4O2. The predicted molar refractivity (Wildman–Crippen MR) is 84.6 cm³/mol. The van der Waals surface area contributed by atoms with Crippen LogP contribution in [-0.4, -0.2) is 55.0 Å². The SMILES string of the molecule is CNc1ccc([N+](=O)[O-])cc1CN1CCCC(N(C)C)C1. The van der Waals surface area contributed by atoms with Gasteiger partial charge >= 0.3 is 0 Å². The van der Waals surface area contributed by atoms with E-state index in [1.807, 2.05) is 7.05 Å². The average molecular weight is 292 g/mol. The van der Waals surface area contributed by atoms with Gasteiger partial charge in [0.05, 0.1) is 4.92 Å². The van der Waals surface area contributed by atoms with E-state index in [1.54, 1.807) is 18.2 Å². The van der Waals surface area contributed by atoms with Crippen LogP contribution in [0.3, 0.4) is 0 Å². The molecule has 1 saturated heterocycles. The molecule has 0 amide bonds. The monoisotopic (exact) mass is 292 g/mol. The summed E-state index contributed by atoms with van der Waals surface area (Å²) in [5.74, 6) is 0. The molecule has 0 saturated carbocycles. The van der Waals surface area contributed by atoms with Gasteiger partial charge in [0, 0.05) is 44.0 Å². The third kappa shape index (κ3) is 3.92. The Hall–Kier alpha value is -1.66. The van der Waals surface area contributed by atoms with Gasteiger partial charge in [0.15, 0.2) is 0 Å². The Balaban J connectivity index is 2.14. The third-order valence-corrected chi connectivity index (χ3v) is 4.17. The quantitative estimate of drug-likeness (QED) is 0.665. The number of likely N-dealkylation sites (tertiary alicyclic amines) is 1. The van der Waals surface area contributed by atoms with E-state index < -0.39 is 0 Å². The maximum Gasteiger partial charge on any atom is 0.269 e. The van der Waals surface area contributed by atoms with Gasteiger partial charge in [-0.05, 0) is 45.1 Å². The summed E-state index contributed by atoms with van der Waals surface area (Å²) in [7, 11) is 6.07. The summed E-state index contributed by atoms with van der Waals surface area (Å²) in [6, 6.07) is 5.59. The molecule has 116 valence electrons. The number of nitrogens with one attached hydrogen (secondary N) is 1. The largest absolute Gasteiger partial charge is 0.388 e. The third-order valence-electron chi connectivity index (χ3n) is 4.17. The van der Waals surface area contributed by atoms with Gasteiger partial charge in [0.1, 0.15) is 0 Å². The van der Waals surface area contributed by atoms with Crippen LogP contribution in [0.2, 0.25) is 0 Å². The van der Waals surface area contributed by atoms with Gasteiger partial charge in [-0.15, -0.1) is 0 Å². The van der Waals surface area contributed by atoms with E-state index in [-0.39, 0.29) is 10.6 Å². The number of benzene rings is 1. The number of likely N-dealkylation sites (N-methyl/N-ethyl adjacent to an activating group) is 1. The number of hydrogen-bond acceptors (Lipinski definition) is 5. The highest BCUT2D eigenvalue weighted by molar-refractivity contribution is 5.55. The number of nitro benzene ring substituents is 1. The highest BCUT2D eigenvalue weighted by atomic mass is 16.6. The summed E-state index contributed by atoms with van der Waals surface area (Å²) in [6.07, 6.45) is 2.39. The highest BCUT2D eigenvalue weighted by Crippen LogP contribution is 2.25. The van der Waals surface area contributed by atoms with Crippen LogP contribution in [0.15, 0.2) is 18.2 Å². The molecule has 1 atom stereocenters. The van der Waals surface area contributed by atoms with E-state index >= 15 is 0 Å². The van der Waals surface area contributed by atoms with Crippen LogP contribution >= 0.6 is 0 Å². The summed E-state index contributed by atoms with van der Waals surface area (Å²) in [4.78, 5) is 15.3. The first-order valence-corrected chi connectivity index (χ1v) is 7.35. The summed E-state index contributed by atoms with van der Waals surface area (Å²) in [5, 5.41) is 14.1. The van der Waals surface area contributed by atoms with E-state index in [0.717, 1.165) is 30.9 Å². The normalized spacial score (nSPS) is 19.7. The lowest BCUT2D eigenvalue weighted by molar-refractivity contribution is -0.384. The van der Waals surface area contributed by atoms with Crippen LogP contribution in [0.4, 0.5) is 11.4 Å². The Morgan fingerprint density at radius 3 is 2.86 bits per heavy atom. The molecule has 0 spiro atoms. The van der Waals surface area contributed by atoms with Gasteiger partial charge in [0.25, 0.3) is 5.69 Å². The van der Waals surface area contributed by atoms with E-state index in [4.69, 9.17) is 0 Å². The molecule has 1 aromatic rings. The van der Waals surface area contributed by atoms with Crippen molar-refractivity contribution in [2.45, 2.75) is 25.4 Å². The molecule has 1 aliphatic rings. The molecular weight excluding hydrogens is 268 g/mol. The molecule has 0 radical (unpaired) electrons. The van der Waals surface area contributed by atoms with Crippen molar-refractivity contribution in [2.24, 2.45) is 0 Å². The molecule has 0 aliphatic carbocycles. The smallest absolute Gasteiger partial charge is 0.269 e. The maximum atomic E-state index is 11.0. The molecule has 21 heavy (non-hydrogen) atoms. The molecule has 1 aromatic carbocycles. The van der Waals surface area contributed by atoms with Crippen LogP contribution < -0.4 is 5.32 Å². The van der Waals surface area contributed by atoms with Gasteiger partial charge in [-0.3, -0.25) is 15.0 Å². The van der Waals surface area contributed by atoms with E-state index in [1.165, 1.54) is 12.8 Å². The molecule has 1 fully saturated rings. The lowest BCUT2D eigenvalue weighted by atomic mass is 10.0. The maximum absolute atomic E-state index is 11.0. The summed E-state index contributed by atoms with van der Waals surface area (Å²) in [5.41, 5.74) is 2.11. The molecule has 1 unspecified atom stereocenters. The van der Waals surface area contributed by atoms with Gasteiger partial charge in [0.2, 0.25) is 0 Å². The van der Waals surface area contributed by atoms with Crippen LogP contribution in [-0.2, 0) is 6.54 Å². The van der Waals surface area contributed by atoms with Crippen LogP contribution in [0.5, 0.6) is 0 Å². The minimum absolute atomic E-state index is 0.158. The second-order valence-corrected chi connectivity index (χ2v) is 5.84. The second-order valence-electron chi connectivity index (χ2n) is 5.84. The number of nitro groups is 1. The van der Waals surface area contributed by atoms with Crippen molar-refractivity contribution in [2.75, 3.05) is 39.5 Å². The molecule has 2 rings (SSSR count). The molecule has 6 nitrogen and oxygen atoms in total. The van der Waals surface area contributed by atoms with E-state index in [2.05, 4.69) is 29.2 Å². The second kappa shape index (κ2) is 6.87. The minimum Gasteiger partial charge on any atom is -0.388 e. The van der Waals surface area contributed by atoms with Crippen molar-refractivity contribution in [1.29, 1.82) is 0 Å². The number of non-ortho nitro benzene ring substituents is 1. The van der Waals surface area contributed by atoms with Gasteiger partial charge < -0.3 is 10.2 Å². The average Bonchev–Trinajstić information content (AvgIpc) is 2.47. The first-order chi connectivity index (χ1) is 10.0. The summed E-state index contributed by atoms with van der Waals surface area (Å²) < 4.78 is 0. The van der Waals surface area contributed by atoms with Gasteiger partial charge in [-0.25, -0.2) is 0 Å². The number of anilines is 1. The molecule has 1 heterocycles. The standard InChI is InChI=1S/C15H24N4O2/c1-16-15-7-6-13(19(20)21)9-12(15)10-18-8-4-5-14(11-18)17(2)3/h6-7,9,14,16H,4-5,8,10-11H2,1-3H3. The summed E-state index contributed by atoms with van der Waals surface area (Å²) in [6.45, 7) is 2.82. The van der Waals surface area contributed by atoms with Crippen molar-refractivity contribution in [1.82, 2.24) is 9.80 Å². The molecule has 6 heteroatoms. The first kappa shape index (κ1) is 15.7. The number of nitrogens with zero attached hydrogens (tertiary/aromatic N) is 3. The lowest BCUT2D eigenvalue weighted by Gasteiger charge is -2.36. The molecule has 0 bridgehead atoms. The van der Waals surface area contributed by atoms with Crippen LogP contribution in [0, 0.1) is 10.1 Å². The number of hydrogen-bond donors (Lipinski definition) is 1. The molecule has 1 aliphatic heterocycles. The fourth-order valence-electron chi connectivity index (χ4n) is 2.91. The zero-order chi connectivity index (χ0) is 15.4. The zero-order valence-electron chi connectivity index (χ0n) is 13.0. The van der Waals surface area contributed by atoms with Gasteiger partial charge in [-0.2, -0.15) is 0 Å². The Bertz CT molecular complexity index is 504. The Morgan fingerprint density at radius 2 is 2.24 bits per heavy atom. The Morgan fingerprint density at radius 1 is 1.48 bits per heavy atom. The lowest BCUT2D eigenvalue weighted by Crippen LogP contribution is -2.44. The number of rotatable bonds is 5. The Kier molecular flexibility index (Phi) is 5.14. The minimum atomic E-state index is -0.332.